The van der Waals surface area contributed by atoms with Gasteiger partial charge in [-0.05, 0) is 43.5 Å². The van der Waals surface area contributed by atoms with Crippen LogP contribution in [0.4, 0.5) is 5.69 Å². The van der Waals surface area contributed by atoms with Gasteiger partial charge < -0.3 is 10.2 Å². The van der Waals surface area contributed by atoms with Crippen molar-refractivity contribution >= 4 is 5.69 Å². The minimum absolute atomic E-state index is 0.658. The van der Waals surface area contributed by atoms with Crippen LogP contribution in [0.1, 0.15) is 32.3 Å². The molecule has 1 aliphatic heterocycles. The SMILES string of the molecule is CCc1ccc(NC2CCN(CC)CC2)cc1. The molecule has 0 bridgehead atoms. The highest BCUT2D eigenvalue weighted by molar-refractivity contribution is 5.45. The van der Waals surface area contributed by atoms with E-state index in [1.165, 1.54) is 43.7 Å². The Morgan fingerprint density at radius 2 is 1.76 bits per heavy atom. The van der Waals surface area contributed by atoms with Crippen LogP contribution in [0.5, 0.6) is 0 Å². The van der Waals surface area contributed by atoms with Gasteiger partial charge in [0, 0.05) is 24.8 Å². The van der Waals surface area contributed by atoms with Crippen LogP contribution in [-0.4, -0.2) is 30.6 Å². The third-order valence-corrected chi connectivity index (χ3v) is 3.77. The molecule has 2 heteroatoms. The molecule has 1 aliphatic rings. The van der Waals surface area contributed by atoms with Gasteiger partial charge in [0.05, 0.1) is 0 Å². The van der Waals surface area contributed by atoms with Crippen molar-refractivity contribution in [3.63, 3.8) is 0 Å². The molecule has 94 valence electrons. The molecule has 0 saturated carbocycles. The van der Waals surface area contributed by atoms with Gasteiger partial charge in [0.25, 0.3) is 0 Å². The number of benzene rings is 1. The second-order valence-corrected chi connectivity index (χ2v) is 4.90. The van der Waals surface area contributed by atoms with Crippen LogP contribution in [0.3, 0.4) is 0 Å². The molecule has 0 aliphatic carbocycles. The highest BCUT2D eigenvalue weighted by Gasteiger charge is 2.17. The molecule has 0 aromatic heterocycles. The fourth-order valence-electron chi connectivity index (χ4n) is 2.47. The predicted octanol–water partition coefficient (Wildman–Crippen LogP) is 3.15. The van der Waals surface area contributed by atoms with E-state index in [2.05, 4.69) is 48.3 Å². The van der Waals surface area contributed by atoms with E-state index >= 15 is 0 Å². The minimum atomic E-state index is 0.658. The van der Waals surface area contributed by atoms with Gasteiger partial charge in [-0.2, -0.15) is 0 Å². The molecule has 17 heavy (non-hydrogen) atoms. The first-order chi connectivity index (χ1) is 8.31. The smallest absolute Gasteiger partial charge is 0.0342 e. The van der Waals surface area contributed by atoms with Crippen molar-refractivity contribution in [1.29, 1.82) is 0 Å². The second kappa shape index (κ2) is 6.06. The van der Waals surface area contributed by atoms with Crippen LogP contribution < -0.4 is 5.32 Å². The van der Waals surface area contributed by atoms with Crippen molar-refractivity contribution in [2.75, 3.05) is 25.0 Å². The normalized spacial score (nSPS) is 18.2. The first-order valence-corrected chi connectivity index (χ1v) is 6.89. The number of nitrogens with one attached hydrogen (secondary N) is 1. The first-order valence-electron chi connectivity index (χ1n) is 6.89. The van der Waals surface area contributed by atoms with Crippen LogP contribution in [0.2, 0.25) is 0 Å². The maximum Gasteiger partial charge on any atom is 0.0342 e. The van der Waals surface area contributed by atoms with E-state index in [9.17, 15) is 0 Å². The van der Waals surface area contributed by atoms with E-state index in [0.717, 1.165) is 6.42 Å². The van der Waals surface area contributed by atoms with E-state index < -0.39 is 0 Å². The summed E-state index contributed by atoms with van der Waals surface area (Å²) < 4.78 is 0. The van der Waals surface area contributed by atoms with Crippen molar-refractivity contribution in [2.45, 2.75) is 39.2 Å². The molecule has 1 heterocycles. The number of anilines is 1. The lowest BCUT2D eigenvalue weighted by Gasteiger charge is -2.32. The third-order valence-electron chi connectivity index (χ3n) is 3.77. The standard InChI is InChI=1S/C15H24N2/c1-3-13-5-7-14(8-6-13)16-15-9-11-17(4-2)12-10-15/h5-8,15-16H,3-4,9-12H2,1-2H3. The van der Waals surface area contributed by atoms with E-state index in [1.54, 1.807) is 0 Å². The van der Waals surface area contributed by atoms with Gasteiger partial charge in [0.1, 0.15) is 0 Å². The Morgan fingerprint density at radius 1 is 1.12 bits per heavy atom. The largest absolute Gasteiger partial charge is 0.382 e. The quantitative estimate of drug-likeness (QED) is 0.858. The number of likely N-dealkylation sites (tertiary alicyclic amines) is 1. The van der Waals surface area contributed by atoms with E-state index in [1.807, 2.05) is 0 Å². The lowest BCUT2D eigenvalue weighted by molar-refractivity contribution is 0.229. The topological polar surface area (TPSA) is 15.3 Å². The lowest BCUT2D eigenvalue weighted by Crippen LogP contribution is -2.38. The molecule has 0 spiro atoms. The van der Waals surface area contributed by atoms with Gasteiger partial charge in [-0.3, -0.25) is 0 Å². The summed E-state index contributed by atoms with van der Waals surface area (Å²) in [7, 11) is 0. The zero-order valence-electron chi connectivity index (χ0n) is 11.1. The Hall–Kier alpha value is -1.02. The number of rotatable bonds is 4. The predicted molar refractivity (Wildman–Crippen MR) is 74.6 cm³/mol. The number of hydrogen-bond acceptors (Lipinski definition) is 2. The summed E-state index contributed by atoms with van der Waals surface area (Å²) in [5.74, 6) is 0. The molecule has 2 nitrogen and oxygen atoms in total. The zero-order valence-corrected chi connectivity index (χ0v) is 11.1. The Bertz CT molecular complexity index is 323. The highest BCUT2D eigenvalue weighted by atomic mass is 15.1. The van der Waals surface area contributed by atoms with Gasteiger partial charge in [0.2, 0.25) is 0 Å². The van der Waals surface area contributed by atoms with Gasteiger partial charge in [-0.25, -0.2) is 0 Å². The molecule has 1 aromatic carbocycles. The van der Waals surface area contributed by atoms with Crippen molar-refractivity contribution < 1.29 is 0 Å². The van der Waals surface area contributed by atoms with Crippen molar-refractivity contribution in [1.82, 2.24) is 4.90 Å². The summed E-state index contributed by atoms with van der Waals surface area (Å²) in [4.78, 5) is 2.53. The monoisotopic (exact) mass is 232 g/mol. The Balaban J connectivity index is 1.84. The summed E-state index contributed by atoms with van der Waals surface area (Å²) in [5, 5.41) is 3.65. The summed E-state index contributed by atoms with van der Waals surface area (Å²) in [6, 6.07) is 9.54. The summed E-state index contributed by atoms with van der Waals surface area (Å²) in [6.07, 6.45) is 3.65. The van der Waals surface area contributed by atoms with Crippen LogP contribution in [0.25, 0.3) is 0 Å². The molecule has 2 rings (SSSR count). The first kappa shape index (κ1) is 12.4. The van der Waals surface area contributed by atoms with Gasteiger partial charge in [-0.15, -0.1) is 0 Å². The average molecular weight is 232 g/mol. The molecule has 1 N–H and O–H groups in total. The van der Waals surface area contributed by atoms with Crippen LogP contribution in [0, 0.1) is 0 Å². The summed E-state index contributed by atoms with van der Waals surface area (Å²) in [5.41, 5.74) is 2.69. The number of nitrogens with zero attached hydrogens (tertiary/aromatic N) is 1. The fraction of sp³-hybridized carbons (Fsp3) is 0.600. The minimum Gasteiger partial charge on any atom is -0.382 e. The van der Waals surface area contributed by atoms with Crippen molar-refractivity contribution in [2.24, 2.45) is 0 Å². The molecule has 0 atom stereocenters. The Morgan fingerprint density at radius 3 is 2.29 bits per heavy atom. The number of aryl methyl sites for hydroxylation is 1. The molecular formula is C15H24N2. The van der Waals surface area contributed by atoms with Crippen LogP contribution in [-0.2, 0) is 6.42 Å². The molecule has 0 amide bonds. The molecular weight excluding hydrogens is 208 g/mol. The zero-order chi connectivity index (χ0) is 12.1. The maximum absolute atomic E-state index is 3.65. The summed E-state index contributed by atoms with van der Waals surface area (Å²) >= 11 is 0. The van der Waals surface area contributed by atoms with Crippen molar-refractivity contribution in [3.8, 4) is 0 Å². The van der Waals surface area contributed by atoms with E-state index in [4.69, 9.17) is 0 Å². The highest BCUT2D eigenvalue weighted by Crippen LogP contribution is 2.17. The number of piperidine rings is 1. The summed E-state index contributed by atoms with van der Waals surface area (Å²) in [6.45, 7) is 8.11. The van der Waals surface area contributed by atoms with Crippen LogP contribution in [0.15, 0.2) is 24.3 Å². The average Bonchev–Trinajstić information content (AvgIpc) is 2.40. The molecule has 1 saturated heterocycles. The molecule has 1 fully saturated rings. The number of hydrogen-bond donors (Lipinski definition) is 1. The molecule has 1 aromatic rings. The molecule has 0 unspecified atom stereocenters. The van der Waals surface area contributed by atoms with Crippen molar-refractivity contribution in [3.05, 3.63) is 29.8 Å². The van der Waals surface area contributed by atoms with E-state index in [-0.39, 0.29) is 0 Å². The lowest BCUT2D eigenvalue weighted by atomic mass is 10.0. The van der Waals surface area contributed by atoms with Gasteiger partial charge in [-0.1, -0.05) is 26.0 Å². The van der Waals surface area contributed by atoms with Gasteiger partial charge >= 0.3 is 0 Å². The fourth-order valence-corrected chi connectivity index (χ4v) is 2.47. The Labute approximate surface area is 105 Å². The molecule has 0 radical (unpaired) electrons. The van der Waals surface area contributed by atoms with E-state index in [0.29, 0.717) is 6.04 Å². The second-order valence-electron chi connectivity index (χ2n) is 4.90. The maximum atomic E-state index is 3.65. The Kier molecular flexibility index (Phi) is 4.43. The van der Waals surface area contributed by atoms with Crippen LogP contribution >= 0.6 is 0 Å². The third kappa shape index (κ3) is 3.47. The van der Waals surface area contributed by atoms with Gasteiger partial charge in [0.15, 0.2) is 0 Å².